The Kier molecular flexibility index (Phi) is 3.45. The number of halogens is 2. The molecule has 0 saturated carbocycles. The molecule has 1 aliphatic heterocycles. The van der Waals surface area contributed by atoms with Gasteiger partial charge in [0.15, 0.2) is 5.78 Å². The first-order valence-corrected chi connectivity index (χ1v) is 6.85. The number of nitrogens with one attached hydrogen (secondary N) is 1. The summed E-state index contributed by atoms with van der Waals surface area (Å²) >= 11 is 5.84. The van der Waals surface area contributed by atoms with Gasteiger partial charge in [0.2, 0.25) is 0 Å². The molecular formula is C16H13ClFNO. The number of benzene rings is 2. The van der Waals surface area contributed by atoms with E-state index in [1.165, 1.54) is 23.8 Å². The van der Waals surface area contributed by atoms with Crippen molar-refractivity contribution in [1.82, 2.24) is 0 Å². The zero-order chi connectivity index (χ0) is 14.1. The topological polar surface area (TPSA) is 29.1 Å². The number of fused-ring (bicyclic) bond motifs is 1. The number of carbonyl (C=O) groups excluding carboxylic acids is 1. The predicted octanol–water partition coefficient (Wildman–Crippen LogP) is 3.87. The zero-order valence-electron chi connectivity index (χ0n) is 10.7. The molecule has 1 heterocycles. The van der Waals surface area contributed by atoms with E-state index in [0.717, 1.165) is 18.7 Å². The van der Waals surface area contributed by atoms with Gasteiger partial charge in [-0.1, -0.05) is 23.7 Å². The van der Waals surface area contributed by atoms with Crippen molar-refractivity contribution in [3.05, 3.63) is 63.9 Å². The molecule has 2 nitrogen and oxygen atoms in total. The summed E-state index contributed by atoms with van der Waals surface area (Å²) in [4.78, 5) is 12.2. The number of carbonyl (C=O) groups is 1. The molecule has 20 heavy (non-hydrogen) atoms. The maximum absolute atomic E-state index is 13.6. The number of Topliss-reactive ketones (excluding diaryl/α,β-unsaturated/α-hetero) is 1. The van der Waals surface area contributed by atoms with Crippen molar-refractivity contribution >= 4 is 23.1 Å². The number of hydrogen-bond acceptors (Lipinski definition) is 2. The summed E-state index contributed by atoms with van der Waals surface area (Å²) in [6.45, 7) is 0.899. The number of ketones is 1. The molecule has 0 spiro atoms. The lowest BCUT2D eigenvalue weighted by atomic mass is 10.0. The van der Waals surface area contributed by atoms with Gasteiger partial charge in [-0.15, -0.1) is 0 Å². The van der Waals surface area contributed by atoms with Gasteiger partial charge < -0.3 is 5.32 Å². The second-order valence-corrected chi connectivity index (χ2v) is 5.32. The summed E-state index contributed by atoms with van der Waals surface area (Å²) in [6.07, 6.45) is 0.998. The predicted molar refractivity (Wildman–Crippen MR) is 78.1 cm³/mol. The van der Waals surface area contributed by atoms with Crippen LogP contribution in [0.15, 0.2) is 36.4 Å². The smallest absolute Gasteiger partial charge is 0.167 e. The molecule has 0 aliphatic carbocycles. The summed E-state index contributed by atoms with van der Waals surface area (Å²) in [6, 6.07) is 9.86. The molecule has 0 bridgehead atoms. The quantitative estimate of drug-likeness (QED) is 0.869. The minimum atomic E-state index is -0.401. The molecule has 0 atom stereocenters. The second kappa shape index (κ2) is 5.25. The largest absolute Gasteiger partial charge is 0.384 e. The molecule has 0 saturated heterocycles. The molecule has 0 aromatic heterocycles. The van der Waals surface area contributed by atoms with Crippen LogP contribution in [0.4, 0.5) is 10.1 Å². The van der Waals surface area contributed by atoms with Crippen molar-refractivity contribution in [3.63, 3.8) is 0 Å². The van der Waals surface area contributed by atoms with Gasteiger partial charge in [-0.25, -0.2) is 4.39 Å². The lowest BCUT2D eigenvalue weighted by Crippen LogP contribution is -2.05. The van der Waals surface area contributed by atoms with Crippen LogP contribution in [0.5, 0.6) is 0 Å². The van der Waals surface area contributed by atoms with Crippen LogP contribution in [0.25, 0.3) is 0 Å². The number of hydrogen-bond donors (Lipinski definition) is 1. The minimum Gasteiger partial charge on any atom is -0.384 e. The van der Waals surface area contributed by atoms with Crippen LogP contribution in [-0.4, -0.2) is 12.3 Å². The van der Waals surface area contributed by atoms with Gasteiger partial charge in [0.25, 0.3) is 0 Å². The van der Waals surface area contributed by atoms with Crippen LogP contribution in [0.2, 0.25) is 5.02 Å². The first-order chi connectivity index (χ1) is 9.63. The van der Waals surface area contributed by atoms with Gasteiger partial charge in [0.1, 0.15) is 5.82 Å². The first-order valence-electron chi connectivity index (χ1n) is 6.47. The highest BCUT2D eigenvalue weighted by Crippen LogP contribution is 2.24. The minimum absolute atomic E-state index is 0.0190. The Hall–Kier alpha value is -1.87. The van der Waals surface area contributed by atoms with E-state index < -0.39 is 5.82 Å². The fourth-order valence-electron chi connectivity index (χ4n) is 2.42. The van der Waals surface area contributed by atoms with E-state index in [2.05, 4.69) is 5.32 Å². The molecule has 2 aromatic carbocycles. The molecule has 4 heteroatoms. The maximum Gasteiger partial charge on any atom is 0.167 e. The van der Waals surface area contributed by atoms with Crippen molar-refractivity contribution in [2.24, 2.45) is 0 Å². The van der Waals surface area contributed by atoms with Gasteiger partial charge in [0, 0.05) is 29.2 Å². The standard InChI is InChI=1S/C16H13ClFNO/c17-13-3-4-14(18)12(7-13)9-16(20)11-2-1-10-5-6-19-15(10)8-11/h1-4,7-8,19H,5-6,9H2. The normalized spacial score (nSPS) is 12.9. The summed E-state index contributed by atoms with van der Waals surface area (Å²) in [5.74, 6) is -0.510. The highest BCUT2D eigenvalue weighted by atomic mass is 35.5. The van der Waals surface area contributed by atoms with E-state index in [0.29, 0.717) is 16.1 Å². The van der Waals surface area contributed by atoms with Crippen LogP contribution in [0.3, 0.4) is 0 Å². The Labute approximate surface area is 121 Å². The SMILES string of the molecule is O=C(Cc1cc(Cl)ccc1F)c1ccc2c(c1)NCC2. The third-order valence-electron chi connectivity index (χ3n) is 3.50. The zero-order valence-corrected chi connectivity index (χ0v) is 11.5. The van der Waals surface area contributed by atoms with Crippen molar-refractivity contribution in [2.45, 2.75) is 12.8 Å². The van der Waals surface area contributed by atoms with Gasteiger partial charge in [-0.05, 0) is 41.8 Å². The Morgan fingerprint density at radius 1 is 1.25 bits per heavy atom. The van der Waals surface area contributed by atoms with Crippen molar-refractivity contribution in [1.29, 1.82) is 0 Å². The van der Waals surface area contributed by atoms with Gasteiger partial charge in [0.05, 0.1) is 0 Å². The van der Waals surface area contributed by atoms with Gasteiger partial charge >= 0.3 is 0 Å². The van der Waals surface area contributed by atoms with E-state index in [4.69, 9.17) is 11.6 Å². The molecule has 102 valence electrons. The number of anilines is 1. The van der Waals surface area contributed by atoms with Gasteiger partial charge in [-0.3, -0.25) is 4.79 Å². The summed E-state index contributed by atoms with van der Waals surface area (Å²) < 4.78 is 13.6. The Morgan fingerprint density at radius 3 is 2.95 bits per heavy atom. The van der Waals surface area contributed by atoms with Crippen molar-refractivity contribution < 1.29 is 9.18 Å². The van der Waals surface area contributed by atoms with Crippen LogP contribution < -0.4 is 5.32 Å². The Morgan fingerprint density at radius 2 is 2.10 bits per heavy atom. The highest BCUT2D eigenvalue weighted by molar-refractivity contribution is 6.30. The fourth-order valence-corrected chi connectivity index (χ4v) is 2.61. The molecule has 3 rings (SSSR count). The molecule has 1 N–H and O–H groups in total. The molecule has 0 fully saturated rings. The molecule has 2 aromatic rings. The van der Waals surface area contributed by atoms with Crippen molar-refractivity contribution in [2.75, 3.05) is 11.9 Å². The first kappa shape index (κ1) is 13.1. The average molecular weight is 290 g/mol. The molecule has 1 aliphatic rings. The van der Waals surface area contributed by atoms with Gasteiger partial charge in [-0.2, -0.15) is 0 Å². The van der Waals surface area contributed by atoms with Crippen LogP contribution >= 0.6 is 11.6 Å². The molecular weight excluding hydrogens is 277 g/mol. The number of rotatable bonds is 3. The highest BCUT2D eigenvalue weighted by Gasteiger charge is 2.15. The van der Waals surface area contributed by atoms with E-state index in [1.807, 2.05) is 12.1 Å². The summed E-state index contributed by atoms with van der Waals surface area (Å²) in [7, 11) is 0. The third kappa shape index (κ3) is 2.54. The monoisotopic (exact) mass is 289 g/mol. The maximum atomic E-state index is 13.6. The van der Waals surface area contributed by atoms with Crippen LogP contribution in [0, 0.1) is 5.82 Å². The molecule has 0 radical (unpaired) electrons. The van der Waals surface area contributed by atoms with E-state index >= 15 is 0 Å². The summed E-state index contributed by atoms with van der Waals surface area (Å²) in [5, 5.41) is 3.67. The van der Waals surface area contributed by atoms with E-state index in [-0.39, 0.29) is 12.2 Å². The lowest BCUT2D eigenvalue weighted by Gasteiger charge is -2.06. The molecule has 0 amide bonds. The van der Waals surface area contributed by atoms with E-state index in [1.54, 1.807) is 6.07 Å². The van der Waals surface area contributed by atoms with Crippen LogP contribution in [0.1, 0.15) is 21.5 Å². The fraction of sp³-hybridized carbons (Fsp3) is 0.188. The Balaban J connectivity index is 1.84. The van der Waals surface area contributed by atoms with E-state index in [9.17, 15) is 9.18 Å². The average Bonchev–Trinajstić information content (AvgIpc) is 2.90. The summed E-state index contributed by atoms with van der Waals surface area (Å²) in [5.41, 5.74) is 3.14. The van der Waals surface area contributed by atoms with Crippen molar-refractivity contribution in [3.8, 4) is 0 Å². The Bertz CT molecular complexity index is 684. The second-order valence-electron chi connectivity index (χ2n) is 4.88. The molecule has 0 unspecified atom stereocenters. The van der Waals surface area contributed by atoms with Crippen LogP contribution in [-0.2, 0) is 12.8 Å². The third-order valence-corrected chi connectivity index (χ3v) is 3.74. The lowest BCUT2D eigenvalue weighted by molar-refractivity contribution is 0.0992.